The highest BCUT2D eigenvalue weighted by molar-refractivity contribution is 5.98. The molecule has 0 saturated carbocycles. The molecule has 4 amide bonds. The number of nitrogens with one attached hydrogen (secondary N) is 2. The van der Waals surface area contributed by atoms with Crippen LogP contribution in [0, 0.1) is 23.7 Å². The fourth-order valence-corrected chi connectivity index (χ4v) is 9.50. The van der Waals surface area contributed by atoms with Crippen LogP contribution in [0.5, 0.6) is 0 Å². The minimum absolute atomic E-state index is 0.0470. The number of fused-ring (bicyclic) bond motifs is 2. The zero-order valence-corrected chi connectivity index (χ0v) is 35.8. The zero-order chi connectivity index (χ0) is 44.2. The number of benzene rings is 4. The number of carboxylic acid groups (broad SMARTS) is 2. The summed E-state index contributed by atoms with van der Waals surface area (Å²) in [6.45, 7) is 8.74. The molecule has 8 rings (SSSR count). The molecule has 4 aromatic carbocycles. The smallest absolute Gasteiger partial charge is 0.335 e. The van der Waals surface area contributed by atoms with E-state index in [9.17, 15) is 28.8 Å². The van der Waals surface area contributed by atoms with Crippen LogP contribution in [0.15, 0.2) is 97.1 Å². The Morgan fingerprint density at radius 2 is 0.839 bits per heavy atom. The molecule has 2 fully saturated rings. The number of rotatable bonds is 12. The highest BCUT2D eigenvalue weighted by atomic mass is 16.4. The minimum atomic E-state index is -0.987. The molecule has 4 atom stereocenters. The third kappa shape index (κ3) is 9.75. The molecule has 2 aliphatic carbocycles. The first-order valence-corrected chi connectivity index (χ1v) is 21.7. The molecule has 4 aliphatic rings. The first-order chi connectivity index (χ1) is 29.7. The van der Waals surface area contributed by atoms with Gasteiger partial charge in [-0.1, -0.05) is 100 Å². The molecule has 12 heteroatoms. The third-order valence-electron chi connectivity index (χ3n) is 12.7. The van der Waals surface area contributed by atoms with Crippen LogP contribution in [0.25, 0.3) is 0 Å². The first-order valence-electron chi connectivity index (χ1n) is 21.7. The molecule has 0 unspecified atom stereocenters. The van der Waals surface area contributed by atoms with Gasteiger partial charge in [0.15, 0.2) is 0 Å². The molecular formula is C50H56N4O8. The van der Waals surface area contributed by atoms with Gasteiger partial charge in [-0.3, -0.25) is 19.2 Å². The summed E-state index contributed by atoms with van der Waals surface area (Å²) >= 11 is 0. The number of carbonyl (C=O) groups excluding carboxylic acids is 4. The SMILES string of the molecule is CC(C)C[C@@H]1C(=O)N[C@H](C2Cc3ccccc3C2)C(=O)N1Cc1ccc(C(=O)O)cc1.CC(C)C[C@H]1C(=O)N[C@H](C2Cc3ccccc3C2)C(=O)N1Cc1ccc(C(=O)O)cc1. The lowest BCUT2D eigenvalue weighted by Gasteiger charge is -2.41. The zero-order valence-electron chi connectivity index (χ0n) is 35.8. The van der Waals surface area contributed by atoms with E-state index in [1.807, 2.05) is 52.0 Å². The van der Waals surface area contributed by atoms with Crippen molar-refractivity contribution in [2.45, 2.75) is 103 Å². The van der Waals surface area contributed by atoms with Gasteiger partial charge in [0.2, 0.25) is 23.6 Å². The molecular weight excluding hydrogens is 785 g/mol. The Morgan fingerprint density at radius 3 is 1.11 bits per heavy atom. The third-order valence-corrected chi connectivity index (χ3v) is 12.7. The van der Waals surface area contributed by atoms with E-state index >= 15 is 0 Å². The van der Waals surface area contributed by atoms with Crippen molar-refractivity contribution in [2.75, 3.05) is 0 Å². The van der Waals surface area contributed by atoms with Gasteiger partial charge in [0.25, 0.3) is 0 Å². The Hall–Kier alpha value is -6.30. The van der Waals surface area contributed by atoms with E-state index in [-0.39, 0.29) is 58.4 Å². The Labute approximate surface area is 362 Å². The second-order valence-electron chi connectivity index (χ2n) is 18.1. The minimum Gasteiger partial charge on any atom is -0.478 e. The molecule has 12 nitrogen and oxygen atoms in total. The van der Waals surface area contributed by atoms with Gasteiger partial charge in [-0.05, 0) is 120 Å². The summed E-state index contributed by atoms with van der Waals surface area (Å²) in [5.74, 6) is -1.67. The number of carboxylic acids is 2. The summed E-state index contributed by atoms with van der Waals surface area (Å²) in [4.78, 5) is 79.0. The maximum absolute atomic E-state index is 13.6. The molecule has 324 valence electrons. The topological polar surface area (TPSA) is 173 Å². The van der Waals surface area contributed by atoms with Gasteiger partial charge < -0.3 is 30.6 Å². The van der Waals surface area contributed by atoms with Crippen molar-refractivity contribution < 1.29 is 39.0 Å². The van der Waals surface area contributed by atoms with E-state index in [0.717, 1.165) is 36.8 Å². The lowest BCUT2D eigenvalue weighted by Crippen LogP contribution is -2.65. The molecule has 2 saturated heterocycles. The molecule has 0 radical (unpaired) electrons. The molecule has 2 heterocycles. The summed E-state index contributed by atoms with van der Waals surface area (Å²) in [5.41, 5.74) is 7.01. The number of hydrogen-bond donors (Lipinski definition) is 4. The molecule has 0 spiro atoms. The molecule has 4 N–H and O–H groups in total. The van der Waals surface area contributed by atoms with E-state index < -0.39 is 36.1 Å². The van der Waals surface area contributed by atoms with Crippen molar-refractivity contribution in [3.63, 3.8) is 0 Å². The fourth-order valence-electron chi connectivity index (χ4n) is 9.50. The maximum Gasteiger partial charge on any atom is 0.335 e. The summed E-state index contributed by atoms with van der Waals surface area (Å²) < 4.78 is 0. The largest absolute Gasteiger partial charge is 0.478 e. The van der Waals surface area contributed by atoms with Crippen molar-refractivity contribution in [1.82, 2.24) is 20.4 Å². The van der Waals surface area contributed by atoms with Crippen LogP contribution >= 0.6 is 0 Å². The van der Waals surface area contributed by atoms with E-state index in [2.05, 4.69) is 34.9 Å². The predicted molar refractivity (Wildman–Crippen MR) is 233 cm³/mol. The average molecular weight is 841 g/mol. The lowest BCUT2D eigenvalue weighted by atomic mass is 9.90. The van der Waals surface area contributed by atoms with Gasteiger partial charge in [-0.15, -0.1) is 0 Å². The monoisotopic (exact) mass is 840 g/mol. The quantitative estimate of drug-likeness (QED) is 0.133. The Morgan fingerprint density at radius 1 is 0.532 bits per heavy atom. The second-order valence-corrected chi connectivity index (χ2v) is 18.1. The Kier molecular flexibility index (Phi) is 13.2. The van der Waals surface area contributed by atoms with Gasteiger partial charge in [0.1, 0.15) is 24.2 Å². The molecule has 4 aromatic rings. The normalized spacial score (nSPS) is 21.3. The summed E-state index contributed by atoms with van der Waals surface area (Å²) in [6, 6.07) is 27.3. The van der Waals surface area contributed by atoms with Crippen LogP contribution in [-0.4, -0.2) is 79.7 Å². The highest BCUT2D eigenvalue weighted by Crippen LogP contribution is 2.34. The molecule has 0 bridgehead atoms. The number of piperazine rings is 2. The lowest BCUT2D eigenvalue weighted by molar-refractivity contribution is -0.152. The van der Waals surface area contributed by atoms with Crippen LogP contribution < -0.4 is 10.6 Å². The number of aromatic carboxylic acids is 2. The van der Waals surface area contributed by atoms with Gasteiger partial charge in [-0.25, -0.2) is 9.59 Å². The van der Waals surface area contributed by atoms with E-state index in [4.69, 9.17) is 10.2 Å². The number of carbonyl (C=O) groups is 6. The highest BCUT2D eigenvalue weighted by Gasteiger charge is 2.46. The van der Waals surface area contributed by atoms with Crippen LogP contribution in [0.3, 0.4) is 0 Å². The average Bonchev–Trinajstić information content (AvgIpc) is 3.88. The Balaban J connectivity index is 0.000000186. The summed E-state index contributed by atoms with van der Waals surface area (Å²) in [7, 11) is 0. The van der Waals surface area contributed by atoms with E-state index in [1.165, 1.54) is 46.5 Å². The van der Waals surface area contributed by atoms with Gasteiger partial charge >= 0.3 is 11.9 Å². The van der Waals surface area contributed by atoms with Crippen molar-refractivity contribution in [3.05, 3.63) is 142 Å². The maximum atomic E-state index is 13.6. The van der Waals surface area contributed by atoms with Gasteiger partial charge in [0.05, 0.1) is 11.1 Å². The van der Waals surface area contributed by atoms with Crippen molar-refractivity contribution in [2.24, 2.45) is 23.7 Å². The fraction of sp³-hybridized carbons (Fsp3) is 0.400. The molecule has 2 aliphatic heterocycles. The van der Waals surface area contributed by atoms with Crippen LogP contribution in [0.4, 0.5) is 0 Å². The van der Waals surface area contributed by atoms with Crippen molar-refractivity contribution >= 4 is 35.6 Å². The van der Waals surface area contributed by atoms with Gasteiger partial charge in [-0.2, -0.15) is 0 Å². The van der Waals surface area contributed by atoms with Crippen molar-refractivity contribution in [3.8, 4) is 0 Å². The van der Waals surface area contributed by atoms with Crippen molar-refractivity contribution in [1.29, 1.82) is 0 Å². The van der Waals surface area contributed by atoms with Gasteiger partial charge in [0, 0.05) is 13.1 Å². The summed E-state index contributed by atoms with van der Waals surface area (Å²) in [6.07, 6.45) is 4.29. The Bertz CT molecular complexity index is 2110. The predicted octanol–water partition coefficient (Wildman–Crippen LogP) is 6.08. The van der Waals surface area contributed by atoms with E-state index in [0.29, 0.717) is 25.9 Å². The van der Waals surface area contributed by atoms with Crippen LogP contribution in [0.2, 0.25) is 0 Å². The first kappa shape index (κ1) is 43.8. The molecule has 62 heavy (non-hydrogen) atoms. The molecule has 0 aromatic heterocycles. The van der Waals surface area contributed by atoms with E-state index in [1.54, 1.807) is 34.1 Å². The number of amides is 4. The number of nitrogens with zero attached hydrogens (tertiary/aromatic N) is 2. The summed E-state index contributed by atoms with van der Waals surface area (Å²) in [5, 5.41) is 24.3. The van der Waals surface area contributed by atoms with Crippen LogP contribution in [0.1, 0.15) is 94.6 Å². The van der Waals surface area contributed by atoms with Crippen LogP contribution in [-0.2, 0) is 58.0 Å². The second kappa shape index (κ2) is 18.8. The number of hydrogen-bond acceptors (Lipinski definition) is 6. The standard InChI is InChI=1S/2C25H28N2O4/c2*1-15(2)11-21-23(28)26-22(20-12-18-5-3-4-6-19(18)13-20)24(29)27(21)14-16-7-9-17(10-8-16)25(30)31/h2*3-10,15,20-22H,11-14H2,1-2H3,(H,26,28)(H,30,31)/t21-,22+;21-,22-/m01/s1.